The lowest BCUT2D eigenvalue weighted by Crippen LogP contribution is -2.27. The summed E-state index contributed by atoms with van der Waals surface area (Å²) in [5.41, 5.74) is 13.3. The maximum atomic E-state index is 12.5. The zero-order valence-corrected chi connectivity index (χ0v) is 19.1. The summed E-state index contributed by atoms with van der Waals surface area (Å²) in [6, 6.07) is 13.8. The summed E-state index contributed by atoms with van der Waals surface area (Å²) in [6.45, 7) is 5.98. The number of aryl methyl sites for hydroxylation is 1. The topological polar surface area (TPSA) is 158 Å². The van der Waals surface area contributed by atoms with Crippen molar-refractivity contribution in [2.24, 2.45) is 21.5 Å². The summed E-state index contributed by atoms with van der Waals surface area (Å²) in [4.78, 5) is 29.3. The number of hydrogen-bond donors (Lipinski definition) is 3. The molecule has 34 heavy (non-hydrogen) atoms. The molecular formula is C24H26N6O4. The summed E-state index contributed by atoms with van der Waals surface area (Å²) < 4.78 is 10.5. The standard InChI is InChI=1S/C24H26N6O4/c1-4-33-16-11-12-18-17(13-16)14(3)27-24(28-18)30-23(26)29-21(25)19(22(32)34-5-2)20(31)15-9-7-6-8-10-15/h6-13,31H,4-5H2,1-3H3,(H4,25,26,27,28,29,30)/b20-19+. The Morgan fingerprint density at radius 3 is 2.47 bits per heavy atom. The second-order valence-electron chi connectivity index (χ2n) is 7.00. The number of ether oxygens (including phenoxy) is 2. The maximum absolute atomic E-state index is 12.5. The van der Waals surface area contributed by atoms with E-state index < -0.39 is 11.7 Å². The molecule has 5 N–H and O–H groups in total. The number of nitrogens with two attached hydrogens (primary N) is 2. The Bertz CT molecular complexity index is 1290. The van der Waals surface area contributed by atoms with Gasteiger partial charge < -0.3 is 26.0 Å². The van der Waals surface area contributed by atoms with Crippen molar-refractivity contribution in [3.8, 4) is 5.75 Å². The molecule has 10 nitrogen and oxygen atoms in total. The van der Waals surface area contributed by atoms with Gasteiger partial charge in [-0.1, -0.05) is 30.3 Å². The van der Waals surface area contributed by atoms with Crippen LogP contribution in [0.25, 0.3) is 16.7 Å². The first-order chi connectivity index (χ1) is 16.3. The van der Waals surface area contributed by atoms with Crippen LogP contribution in [0.1, 0.15) is 25.1 Å². The molecule has 0 aliphatic heterocycles. The number of aliphatic imine (C=N–C) groups is 2. The molecule has 10 heteroatoms. The fraction of sp³-hybridized carbons (Fsp3) is 0.208. The van der Waals surface area contributed by atoms with E-state index in [1.54, 1.807) is 49.4 Å². The molecule has 0 atom stereocenters. The SMILES string of the molecule is CCOC(=O)C(/C(N)=N\C(N)=N\c1nc(C)c2cc(OCC)ccc2n1)=C(/O)c1ccccc1. The van der Waals surface area contributed by atoms with E-state index in [0.29, 0.717) is 29.1 Å². The average Bonchev–Trinajstić information content (AvgIpc) is 2.80. The number of guanidine groups is 1. The number of amidine groups is 1. The van der Waals surface area contributed by atoms with Crippen LogP contribution in [0.2, 0.25) is 0 Å². The summed E-state index contributed by atoms with van der Waals surface area (Å²) in [5.74, 6) is -1.12. The molecule has 0 aliphatic carbocycles. The van der Waals surface area contributed by atoms with E-state index in [2.05, 4.69) is 20.0 Å². The van der Waals surface area contributed by atoms with Gasteiger partial charge in [-0.25, -0.2) is 14.8 Å². The fourth-order valence-electron chi connectivity index (χ4n) is 3.12. The van der Waals surface area contributed by atoms with Crippen molar-refractivity contribution in [1.29, 1.82) is 0 Å². The lowest BCUT2D eigenvalue weighted by molar-refractivity contribution is -0.137. The molecule has 0 radical (unpaired) electrons. The number of rotatable bonds is 7. The van der Waals surface area contributed by atoms with Gasteiger partial charge in [0, 0.05) is 10.9 Å². The van der Waals surface area contributed by atoms with Gasteiger partial charge in [0.2, 0.25) is 5.96 Å². The van der Waals surface area contributed by atoms with Crippen LogP contribution in [-0.4, -0.2) is 46.1 Å². The van der Waals surface area contributed by atoms with Crippen LogP contribution in [-0.2, 0) is 9.53 Å². The van der Waals surface area contributed by atoms with Crippen molar-refractivity contribution >= 4 is 40.4 Å². The molecule has 1 heterocycles. The number of carbonyl (C=O) groups is 1. The van der Waals surface area contributed by atoms with Gasteiger partial charge in [0.05, 0.1) is 24.4 Å². The lowest BCUT2D eigenvalue weighted by atomic mass is 10.1. The van der Waals surface area contributed by atoms with Gasteiger partial charge in [-0.3, -0.25) is 0 Å². The van der Waals surface area contributed by atoms with Crippen LogP contribution < -0.4 is 16.2 Å². The Morgan fingerprint density at radius 1 is 1.06 bits per heavy atom. The Morgan fingerprint density at radius 2 is 1.79 bits per heavy atom. The Kier molecular flexibility index (Phi) is 7.75. The summed E-state index contributed by atoms with van der Waals surface area (Å²) in [6.07, 6.45) is 0. The quantitative estimate of drug-likeness (QED) is 0.159. The van der Waals surface area contributed by atoms with Crippen molar-refractivity contribution in [1.82, 2.24) is 9.97 Å². The number of fused-ring (bicyclic) bond motifs is 1. The normalized spacial score (nSPS) is 12.9. The highest BCUT2D eigenvalue weighted by Gasteiger charge is 2.22. The van der Waals surface area contributed by atoms with Crippen LogP contribution in [0.3, 0.4) is 0 Å². The third-order valence-electron chi connectivity index (χ3n) is 4.63. The molecular weight excluding hydrogens is 436 g/mol. The first-order valence-electron chi connectivity index (χ1n) is 10.6. The molecule has 3 rings (SSSR count). The number of carbonyl (C=O) groups excluding carboxylic acids is 1. The Balaban J connectivity index is 1.99. The third kappa shape index (κ3) is 5.66. The minimum absolute atomic E-state index is 0.0668. The first-order valence-corrected chi connectivity index (χ1v) is 10.6. The number of benzene rings is 2. The van der Waals surface area contributed by atoms with Gasteiger partial charge in [-0.2, -0.15) is 9.98 Å². The number of aliphatic hydroxyl groups is 1. The number of esters is 1. The molecule has 0 spiro atoms. The zero-order valence-electron chi connectivity index (χ0n) is 19.1. The average molecular weight is 463 g/mol. The van der Waals surface area contributed by atoms with Gasteiger partial charge in [-0.15, -0.1) is 0 Å². The summed E-state index contributed by atoms with van der Waals surface area (Å²) in [7, 11) is 0. The summed E-state index contributed by atoms with van der Waals surface area (Å²) >= 11 is 0. The molecule has 0 fully saturated rings. The number of aliphatic hydroxyl groups excluding tert-OH is 1. The van der Waals surface area contributed by atoms with E-state index in [4.69, 9.17) is 20.9 Å². The highest BCUT2D eigenvalue weighted by atomic mass is 16.5. The second-order valence-corrected chi connectivity index (χ2v) is 7.00. The number of aromatic nitrogens is 2. The van der Waals surface area contributed by atoms with Crippen LogP contribution in [0.4, 0.5) is 5.95 Å². The molecule has 0 bridgehead atoms. The molecule has 3 aromatic rings. The molecule has 176 valence electrons. The van der Waals surface area contributed by atoms with Crippen molar-refractivity contribution < 1.29 is 19.4 Å². The predicted molar refractivity (Wildman–Crippen MR) is 131 cm³/mol. The lowest BCUT2D eigenvalue weighted by Gasteiger charge is -2.10. The monoisotopic (exact) mass is 462 g/mol. The van der Waals surface area contributed by atoms with Crippen LogP contribution in [0, 0.1) is 6.92 Å². The van der Waals surface area contributed by atoms with E-state index >= 15 is 0 Å². The fourth-order valence-corrected chi connectivity index (χ4v) is 3.12. The Labute approximate surface area is 196 Å². The number of nitrogens with zero attached hydrogens (tertiary/aromatic N) is 4. The van der Waals surface area contributed by atoms with Crippen molar-refractivity contribution in [2.75, 3.05) is 13.2 Å². The van der Waals surface area contributed by atoms with Crippen molar-refractivity contribution in [3.05, 3.63) is 65.4 Å². The predicted octanol–water partition coefficient (Wildman–Crippen LogP) is 3.17. The van der Waals surface area contributed by atoms with Crippen molar-refractivity contribution in [3.63, 3.8) is 0 Å². The van der Waals surface area contributed by atoms with Gasteiger partial charge >= 0.3 is 5.97 Å². The molecule has 0 aliphatic rings. The second kappa shape index (κ2) is 10.9. The van der Waals surface area contributed by atoms with E-state index in [9.17, 15) is 9.90 Å². The smallest absolute Gasteiger partial charge is 0.345 e. The summed E-state index contributed by atoms with van der Waals surface area (Å²) in [5, 5.41) is 11.5. The van der Waals surface area contributed by atoms with Crippen LogP contribution in [0.15, 0.2) is 64.1 Å². The molecule has 0 saturated heterocycles. The van der Waals surface area contributed by atoms with Gasteiger partial charge in [0.25, 0.3) is 5.95 Å². The van der Waals surface area contributed by atoms with Crippen LogP contribution >= 0.6 is 0 Å². The third-order valence-corrected chi connectivity index (χ3v) is 4.63. The van der Waals surface area contributed by atoms with E-state index in [-0.39, 0.29) is 29.9 Å². The zero-order chi connectivity index (χ0) is 24.7. The highest BCUT2D eigenvalue weighted by molar-refractivity contribution is 6.24. The molecule has 0 unspecified atom stereocenters. The molecule has 0 saturated carbocycles. The van der Waals surface area contributed by atoms with E-state index in [0.717, 1.165) is 5.39 Å². The highest BCUT2D eigenvalue weighted by Crippen LogP contribution is 2.24. The van der Waals surface area contributed by atoms with Crippen LogP contribution in [0.5, 0.6) is 5.75 Å². The van der Waals surface area contributed by atoms with Crippen molar-refractivity contribution in [2.45, 2.75) is 20.8 Å². The number of hydrogen-bond acceptors (Lipinski definition) is 7. The van der Waals surface area contributed by atoms with Gasteiger partial charge in [0.1, 0.15) is 22.9 Å². The minimum atomic E-state index is -0.846. The van der Waals surface area contributed by atoms with Gasteiger partial charge in [0.15, 0.2) is 0 Å². The largest absolute Gasteiger partial charge is 0.506 e. The Hall–Kier alpha value is -4.47. The molecule has 2 aromatic carbocycles. The maximum Gasteiger partial charge on any atom is 0.345 e. The minimum Gasteiger partial charge on any atom is -0.506 e. The first kappa shape index (κ1) is 24.2. The molecule has 1 aromatic heterocycles. The van der Waals surface area contributed by atoms with Gasteiger partial charge in [-0.05, 0) is 39.0 Å². The van der Waals surface area contributed by atoms with E-state index in [1.165, 1.54) is 0 Å². The molecule has 0 amide bonds. The van der Waals surface area contributed by atoms with E-state index in [1.807, 2.05) is 19.9 Å².